The molecule has 1 aliphatic carbocycles. The van der Waals surface area contributed by atoms with Crippen molar-refractivity contribution >= 4 is 18.0 Å². The molecular weight excluding hydrogens is 252 g/mol. The number of aliphatic carboxylic acids is 2. The molecule has 0 aromatic rings. The van der Waals surface area contributed by atoms with Gasteiger partial charge in [-0.25, -0.2) is 4.79 Å². The predicted molar refractivity (Wildman–Crippen MR) is 66.7 cm³/mol. The smallest absolute Gasteiger partial charge is 0.323 e. The molecule has 0 radical (unpaired) electrons. The molecule has 108 valence electrons. The topological polar surface area (TPSA) is 107 Å². The van der Waals surface area contributed by atoms with E-state index in [2.05, 4.69) is 12.2 Å². The van der Waals surface area contributed by atoms with E-state index in [9.17, 15) is 14.4 Å². The van der Waals surface area contributed by atoms with Gasteiger partial charge in [-0.05, 0) is 18.3 Å². The summed E-state index contributed by atoms with van der Waals surface area (Å²) in [6.45, 7) is 1.36. The largest absolute Gasteiger partial charge is 0.480 e. The summed E-state index contributed by atoms with van der Waals surface area (Å²) in [5.74, 6) is -1.54. The lowest BCUT2D eigenvalue weighted by Crippen LogP contribution is -2.46. The number of carbonyl (C=O) groups excluding carboxylic acids is 1. The summed E-state index contributed by atoms with van der Waals surface area (Å²) in [6.07, 6.45) is 3.31. The van der Waals surface area contributed by atoms with Crippen LogP contribution in [0.3, 0.4) is 0 Å². The Hall–Kier alpha value is -1.79. The number of rotatable bonds is 6. The molecule has 19 heavy (non-hydrogen) atoms. The molecule has 1 fully saturated rings. The first-order chi connectivity index (χ1) is 8.90. The van der Waals surface area contributed by atoms with Gasteiger partial charge in [0.05, 0.1) is 0 Å². The summed E-state index contributed by atoms with van der Waals surface area (Å²) in [5.41, 5.74) is 0. The summed E-state index contributed by atoms with van der Waals surface area (Å²) in [6, 6.07) is -0.635. The first kappa shape index (κ1) is 15.3. The minimum atomic E-state index is -1.23. The van der Waals surface area contributed by atoms with Crippen molar-refractivity contribution in [1.82, 2.24) is 10.2 Å². The zero-order valence-electron chi connectivity index (χ0n) is 11.0. The Balaban J connectivity index is 2.46. The Bertz CT molecular complexity index is 342. The zero-order valence-corrected chi connectivity index (χ0v) is 11.0. The molecular formula is C12H20N2O5. The van der Waals surface area contributed by atoms with Gasteiger partial charge in [0, 0.05) is 6.54 Å². The number of urea groups is 1. The normalized spacial score (nSPS) is 21.9. The number of carboxylic acids is 2. The first-order valence-electron chi connectivity index (χ1n) is 6.36. The lowest BCUT2D eigenvalue weighted by molar-refractivity contribution is -0.140. The SMILES string of the molecule is CC1CCCC1CNC(=O)N(CC(=O)O)CC(=O)O. The molecule has 1 aliphatic rings. The van der Waals surface area contributed by atoms with Gasteiger partial charge in [0.2, 0.25) is 0 Å². The lowest BCUT2D eigenvalue weighted by atomic mass is 9.98. The Kier molecular flexibility index (Phi) is 5.59. The van der Waals surface area contributed by atoms with Crippen molar-refractivity contribution in [3.8, 4) is 0 Å². The molecule has 2 amide bonds. The van der Waals surface area contributed by atoms with Crippen molar-refractivity contribution in [3.05, 3.63) is 0 Å². The van der Waals surface area contributed by atoms with E-state index in [1.165, 1.54) is 0 Å². The molecule has 0 aromatic carbocycles. The Morgan fingerprint density at radius 2 is 1.74 bits per heavy atom. The fraction of sp³-hybridized carbons (Fsp3) is 0.750. The molecule has 0 spiro atoms. The van der Waals surface area contributed by atoms with Crippen LogP contribution in [0.15, 0.2) is 0 Å². The third kappa shape index (κ3) is 5.15. The maximum atomic E-state index is 11.8. The second-order valence-electron chi connectivity index (χ2n) is 5.00. The molecule has 3 N–H and O–H groups in total. The summed E-state index contributed by atoms with van der Waals surface area (Å²) < 4.78 is 0. The Morgan fingerprint density at radius 1 is 1.16 bits per heavy atom. The highest BCUT2D eigenvalue weighted by molar-refractivity contribution is 5.84. The van der Waals surface area contributed by atoms with E-state index in [4.69, 9.17) is 10.2 Å². The van der Waals surface area contributed by atoms with Gasteiger partial charge in [0.25, 0.3) is 0 Å². The minimum Gasteiger partial charge on any atom is -0.480 e. The van der Waals surface area contributed by atoms with Crippen LogP contribution in [0.5, 0.6) is 0 Å². The fourth-order valence-electron chi connectivity index (χ4n) is 2.38. The number of hydrogen-bond donors (Lipinski definition) is 3. The van der Waals surface area contributed by atoms with Gasteiger partial charge >= 0.3 is 18.0 Å². The van der Waals surface area contributed by atoms with Crippen molar-refractivity contribution in [3.63, 3.8) is 0 Å². The van der Waals surface area contributed by atoms with E-state index in [0.717, 1.165) is 24.2 Å². The van der Waals surface area contributed by atoms with Gasteiger partial charge in [-0.1, -0.05) is 19.8 Å². The number of nitrogens with zero attached hydrogens (tertiary/aromatic N) is 1. The van der Waals surface area contributed by atoms with Gasteiger partial charge < -0.3 is 20.4 Å². The van der Waals surface area contributed by atoms with Crippen LogP contribution in [-0.2, 0) is 9.59 Å². The van der Waals surface area contributed by atoms with Crippen LogP contribution in [0.1, 0.15) is 26.2 Å². The molecule has 0 saturated heterocycles. The monoisotopic (exact) mass is 272 g/mol. The van der Waals surface area contributed by atoms with Gasteiger partial charge in [-0.15, -0.1) is 0 Å². The molecule has 0 aliphatic heterocycles. The van der Waals surface area contributed by atoms with Crippen molar-refractivity contribution in [1.29, 1.82) is 0 Å². The number of nitrogens with one attached hydrogen (secondary N) is 1. The van der Waals surface area contributed by atoms with E-state index in [1.54, 1.807) is 0 Å². The van der Waals surface area contributed by atoms with Crippen molar-refractivity contribution in [2.75, 3.05) is 19.6 Å². The fourth-order valence-corrected chi connectivity index (χ4v) is 2.38. The highest BCUT2D eigenvalue weighted by Crippen LogP contribution is 2.30. The Morgan fingerprint density at radius 3 is 2.16 bits per heavy atom. The van der Waals surface area contributed by atoms with Crippen LogP contribution in [0.25, 0.3) is 0 Å². The molecule has 2 unspecified atom stereocenters. The summed E-state index contributed by atoms with van der Waals surface area (Å²) in [7, 11) is 0. The number of carboxylic acid groups (broad SMARTS) is 2. The van der Waals surface area contributed by atoms with E-state index in [1.807, 2.05) is 0 Å². The van der Waals surface area contributed by atoms with Gasteiger partial charge in [0.15, 0.2) is 0 Å². The Labute approximate surface area is 111 Å². The predicted octanol–water partition coefficient (Wildman–Crippen LogP) is 0.603. The third-order valence-electron chi connectivity index (χ3n) is 3.49. The number of amides is 2. The van der Waals surface area contributed by atoms with E-state index < -0.39 is 31.1 Å². The summed E-state index contributed by atoms with van der Waals surface area (Å²) in [4.78, 5) is 33.7. The maximum Gasteiger partial charge on any atom is 0.323 e. The second kappa shape index (κ2) is 6.96. The lowest BCUT2D eigenvalue weighted by Gasteiger charge is -2.22. The quantitative estimate of drug-likeness (QED) is 0.656. The molecule has 7 nitrogen and oxygen atoms in total. The van der Waals surface area contributed by atoms with Crippen LogP contribution >= 0.6 is 0 Å². The van der Waals surface area contributed by atoms with Crippen LogP contribution in [0.2, 0.25) is 0 Å². The zero-order chi connectivity index (χ0) is 14.4. The van der Waals surface area contributed by atoms with Gasteiger partial charge in [0.1, 0.15) is 13.1 Å². The molecule has 1 saturated carbocycles. The van der Waals surface area contributed by atoms with E-state index in [-0.39, 0.29) is 0 Å². The summed E-state index contributed by atoms with van der Waals surface area (Å²) >= 11 is 0. The van der Waals surface area contributed by atoms with Crippen molar-refractivity contribution in [2.24, 2.45) is 11.8 Å². The van der Waals surface area contributed by atoms with Gasteiger partial charge in [-0.2, -0.15) is 0 Å². The molecule has 0 aromatic heterocycles. The molecule has 0 heterocycles. The van der Waals surface area contributed by atoms with E-state index >= 15 is 0 Å². The molecule has 1 rings (SSSR count). The van der Waals surface area contributed by atoms with Crippen LogP contribution in [0.4, 0.5) is 4.79 Å². The number of hydrogen-bond acceptors (Lipinski definition) is 3. The van der Waals surface area contributed by atoms with Crippen molar-refractivity contribution in [2.45, 2.75) is 26.2 Å². The van der Waals surface area contributed by atoms with Crippen molar-refractivity contribution < 1.29 is 24.6 Å². The highest BCUT2D eigenvalue weighted by Gasteiger charge is 2.25. The first-order valence-corrected chi connectivity index (χ1v) is 6.36. The molecule has 7 heteroatoms. The highest BCUT2D eigenvalue weighted by atomic mass is 16.4. The standard InChI is InChI=1S/C12H20N2O5/c1-8-3-2-4-9(8)5-13-12(19)14(6-10(15)16)7-11(17)18/h8-9H,2-7H2,1H3,(H,13,19)(H,15,16)(H,17,18). The van der Waals surface area contributed by atoms with Crippen LogP contribution in [-0.4, -0.2) is 52.7 Å². The average molecular weight is 272 g/mol. The third-order valence-corrected chi connectivity index (χ3v) is 3.49. The van der Waals surface area contributed by atoms with Crippen LogP contribution in [0, 0.1) is 11.8 Å². The van der Waals surface area contributed by atoms with Gasteiger partial charge in [-0.3, -0.25) is 9.59 Å². The van der Waals surface area contributed by atoms with E-state index in [0.29, 0.717) is 18.4 Å². The van der Waals surface area contributed by atoms with Crippen LogP contribution < -0.4 is 5.32 Å². The minimum absolute atomic E-state index is 0.389. The molecule has 0 bridgehead atoms. The molecule has 2 atom stereocenters. The summed E-state index contributed by atoms with van der Waals surface area (Å²) in [5, 5.41) is 19.9. The number of carbonyl (C=O) groups is 3. The average Bonchev–Trinajstić information content (AvgIpc) is 2.69. The maximum absolute atomic E-state index is 11.8. The second-order valence-corrected chi connectivity index (χ2v) is 5.00.